The van der Waals surface area contributed by atoms with Crippen LogP contribution in [0.25, 0.3) is 11.3 Å². The maximum atomic E-state index is 11.3. The molecule has 0 saturated carbocycles. The lowest BCUT2D eigenvalue weighted by molar-refractivity contribution is -0.384. The van der Waals surface area contributed by atoms with E-state index in [1.165, 1.54) is 25.3 Å². The van der Waals surface area contributed by atoms with Crippen LogP contribution in [0.4, 0.5) is 5.69 Å². The van der Waals surface area contributed by atoms with Gasteiger partial charge in [0, 0.05) is 23.3 Å². The third-order valence-corrected chi connectivity index (χ3v) is 3.81. The van der Waals surface area contributed by atoms with Crippen molar-refractivity contribution >= 4 is 17.7 Å². The molecule has 0 unspecified atom stereocenters. The molecule has 1 aromatic heterocycles. The molecule has 0 saturated heterocycles. The summed E-state index contributed by atoms with van der Waals surface area (Å²) in [6, 6.07) is 16.8. The summed E-state index contributed by atoms with van der Waals surface area (Å²) in [6.45, 7) is 1.63. The van der Waals surface area contributed by atoms with E-state index in [9.17, 15) is 14.9 Å². The standard InChI is InChI=1S/C20H16N2O5/c1-14(23)16-5-7-17(8-6-16)20-10-9-19(27-20)12-21-26-13-15-3-2-4-18(11-15)22(24)25/h2-12H,13H2,1H3/b21-12-. The second kappa shape index (κ2) is 8.09. The summed E-state index contributed by atoms with van der Waals surface area (Å²) in [7, 11) is 0. The van der Waals surface area contributed by atoms with Crippen molar-refractivity contribution in [2.75, 3.05) is 0 Å². The van der Waals surface area contributed by atoms with Crippen molar-refractivity contribution < 1.29 is 19.0 Å². The molecule has 0 aliphatic heterocycles. The largest absolute Gasteiger partial charge is 0.455 e. The molecule has 0 amide bonds. The number of benzene rings is 2. The van der Waals surface area contributed by atoms with Gasteiger partial charge in [0.2, 0.25) is 0 Å². The Hall–Kier alpha value is -3.74. The fourth-order valence-electron chi connectivity index (χ4n) is 2.41. The zero-order chi connectivity index (χ0) is 19.2. The number of hydrogen-bond acceptors (Lipinski definition) is 6. The first-order valence-electron chi connectivity index (χ1n) is 8.13. The average molecular weight is 364 g/mol. The fraction of sp³-hybridized carbons (Fsp3) is 0.100. The van der Waals surface area contributed by atoms with Gasteiger partial charge in [-0.1, -0.05) is 41.6 Å². The summed E-state index contributed by atoms with van der Waals surface area (Å²) in [5, 5.41) is 14.6. The first kappa shape index (κ1) is 18.1. The van der Waals surface area contributed by atoms with Gasteiger partial charge in [0.1, 0.15) is 24.3 Å². The molecule has 2 aromatic carbocycles. The second-order valence-electron chi connectivity index (χ2n) is 5.77. The number of oxime groups is 1. The van der Waals surface area contributed by atoms with Crippen molar-refractivity contribution in [1.29, 1.82) is 0 Å². The van der Waals surface area contributed by atoms with Gasteiger partial charge in [-0.3, -0.25) is 14.9 Å². The van der Waals surface area contributed by atoms with Gasteiger partial charge >= 0.3 is 0 Å². The van der Waals surface area contributed by atoms with E-state index >= 15 is 0 Å². The third kappa shape index (κ3) is 4.66. The summed E-state index contributed by atoms with van der Waals surface area (Å²) in [5.41, 5.74) is 2.14. The van der Waals surface area contributed by atoms with Crippen molar-refractivity contribution in [2.24, 2.45) is 5.16 Å². The van der Waals surface area contributed by atoms with E-state index in [4.69, 9.17) is 9.25 Å². The van der Waals surface area contributed by atoms with Crippen molar-refractivity contribution in [2.45, 2.75) is 13.5 Å². The summed E-state index contributed by atoms with van der Waals surface area (Å²) in [5.74, 6) is 1.15. The number of non-ortho nitro benzene ring substituents is 1. The van der Waals surface area contributed by atoms with Crippen LogP contribution in [0, 0.1) is 10.1 Å². The molecular weight excluding hydrogens is 348 g/mol. The third-order valence-electron chi connectivity index (χ3n) is 3.81. The topological polar surface area (TPSA) is 94.9 Å². The van der Waals surface area contributed by atoms with Crippen LogP contribution in [0.1, 0.15) is 28.6 Å². The predicted molar refractivity (Wildman–Crippen MR) is 99.6 cm³/mol. The van der Waals surface area contributed by atoms with Gasteiger partial charge in [-0.15, -0.1) is 0 Å². The fourth-order valence-corrected chi connectivity index (χ4v) is 2.41. The Balaban J connectivity index is 1.59. The van der Waals surface area contributed by atoms with Gasteiger partial charge < -0.3 is 9.25 Å². The van der Waals surface area contributed by atoms with E-state index in [0.29, 0.717) is 22.6 Å². The number of rotatable bonds is 7. The number of furan rings is 1. The normalized spacial score (nSPS) is 10.9. The van der Waals surface area contributed by atoms with Crippen LogP contribution in [0.3, 0.4) is 0 Å². The van der Waals surface area contributed by atoms with E-state index in [1.807, 2.05) is 12.1 Å². The molecule has 1 heterocycles. The molecule has 0 bridgehead atoms. The molecule has 0 aliphatic carbocycles. The Morgan fingerprint density at radius 2 is 1.96 bits per heavy atom. The number of Topliss-reactive ketones (excluding diaryl/α,β-unsaturated/α-hetero) is 1. The Labute approximate surface area is 155 Å². The molecule has 7 nitrogen and oxygen atoms in total. The molecule has 3 rings (SSSR count). The number of hydrogen-bond donors (Lipinski definition) is 0. The molecule has 0 spiro atoms. The molecule has 136 valence electrons. The number of nitrogens with zero attached hydrogens (tertiary/aromatic N) is 2. The molecular formula is C20H16N2O5. The number of nitro benzene ring substituents is 1. The van der Waals surface area contributed by atoms with Crippen LogP contribution < -0.4 is 0 Å². The number of ketones is 1. The summed E-state index contributed by atoms with van der Waals surface area (Å²) in [6.07, 6.45) is 1.42. The van der Waals surface area contributed by atoms with Crippen LogP contribution >= 0.6 is 0 Å². The maximum Gasteiger partial charge on any atom is 0.269 e. The maximum absolute atomic E-state index is 11.3. The highest BCUT2D eigenvalue weighted by molar-refractivity contribution is 5.94. The lowest BCUT2D eigenvalue weighted by atomic mass is 10.1. The summed E-state index contributed by atoms with van der Waals surface area (Å²) >= 11 is 0. The summed E-state index contributed by atoms with van der Waals surface area (Å²) < 4.78 is 5.67. The van der Waals surface area contributed by atoms with Crippen molar-refractivity contribution in [3.63, 3.8) is 0 Å². The highest BCUT2D eigenvalue weighted by Gasteiger charge is 2.06. The van der Waals surface area contributed by atoms with E-state index in [0.717, 1.165) is 5.56 Å². The van der Waals surface area contributed by atoms with E-state index in [2.05, 4.69) is 5.16 Å². The Morgan fingerprint density at radius 1 is 1.19 bits per heavy atom. The van der Waals surface area contributed by atoms with Gasteiger partial charge in [0.05, 0.1) is 4.92 Å². The van der Waals surface area contributed by atoms with Crippen LogP contribution in [0.2, 0.25) is 0 Å². The highest BCUT2D eigenvalue weighted by atomic mass is 16.6. The van der Waals surface area contributed by atoms with Gasteiger partial charge in [-0.2, -0.15) is 0 Å². The van der Waals surface area contributed by atoms with E-state index < -0.39 is 4.92 Å². The average Bonchev–Trinajstić information content (AvgIpc) is 3.14. The first-order chi connectivity index (χ1) is 13.0. The molecule has 0 N–H and O–H groups in total. The molecule has 7 heteroatoms. The molecule has 3 aromatic rings. The SMILES string of the molecule is CC(=O)c1ccc(-c2ccc(/C=N\OCc3cccc([N+](=O)[O-])c3)o2)cc1. The monoisotopic (exact) mass is 364 g/mol. The van der Waals surface area contributed by atoms with Crippen LogP contribution in [-0.4, -0.2) is 16.9 Å². The molecule has 0 fully saturated rings. The van der Waals surface area contributed by atoms with Crippen LogP contribution in [0.5, 0.6) is 0 Å². The van der Waals surface area contributed by atoms with Crippen molar-refractivity contribution in [3.8, 4) is 11.3 Å². The quantitative estimate of drug-likeness (QED) is 0.264. The first-order valence-corrected chi connectivity index (χ1v) is 8.13. The van der Waals surface area contributed by atoms with Crippen molar-refractivity contribution in [1.82, 2.24) is 0 Å². The molecule has 0 aliphatic rings. The number of carbonyl (C=O) groups excluding carboxylic acids is 1. The Bertz CT molecular complexity index is 990. The van der Waals surface area contributed by atoms with Gasteiger partial charge in [-0.05, 0) is 24.6 Å². The number of carbonyl (C=O) groups is 1. The van der Waals surface area contributed by atoms with E-state index in [-0.39, 0.29) is 18.1 Å². The minimum Gasteiger partial charge on any atom is -0.455 e. The Morgan fingerprint density at radius 3 is 2.67 bits per heavy atom. The molecule has 0 radical (unpaired) electrons. The minimum absolute atomic E-state index is 0.00606. The van der Waals surface area contributed by atoms with Crippen molar-refractivity contribution in [3.05, 3.63) is 87.7 Å². The predicted octanol–water partition coefficient (Wildman–Crippen LogP) is 4.61. The van der Waals surface area contributed by atoms with Gasteiger partial charge in [-0.25, -0.2) is 0 Å². The van der Waals surface area contributed by atoms with Crippen LogP contribution in [-0.2, 0) is 11.4 Å². The Kier molecular flexibility index (Phi) is 5.41. The smallest absolute Gasteiger partial charge is 0.269 e. The summed E-state index contributed by atoms with van der Waals surface area (Å²) in [4.78, 5) is 26.8. The van der Waals surface area contributed by atoms with Gasteiger partial charge in [0.25, 0.3) is 5.69 Å². The minimum atomic E-state index is -0.458. The zero-order valence-corrected chi connectivity index (χ0v) is 14.5. The molecule has 0 atom stereocenters. The lowest BCUT2D eigenvalue weighted by Gasteiger charge is -2.00. The zero-order valence-electron chi connectivity index (χ0n) is 14.5. The number of nitro groups is 1. The molecule has 27 heavy (non-hydrogen) atoms. The lowest BCUT2D eigenvalue weighted by Crippen LogP contribution is -1.92. The van der Waals surface area contributed by atoms with Crippen LogP contribution in [0.15, 0.2) is 70.2 Å². The van der Waals surface area contributed by atoms with Gasteiger partial charge in [0.15, 0.2) is 5.78 Å². The second-order valence-corrected chi connectivity index (χ2v) is 5.77. The highest BCUT2D eigenvalue weighted by Crippen LogP contribution is 2.22. The van der Waals surface area contributed by atoms with E-state index in [1.54, 1.807) is 36.4 Å².